The van der Waals surface area contributed by atoms with Crippen LogP contribution in [0.2, 0.25) is 0 Å². The zero-order valence-electron chi connectivity index (χ0n) is 10.4. The zero-order chi connectivity index (χ0) is 11.4. The third-order valence-electron chi connectivity index (χ3n) is 3.69. The molecule has 1 nitrogen and oxygen atoms in total. The Bertz CT molecular complexity index is 305. The van der Waals surface area contributed by atoms with Gasteiger partial charge in [-0.25, -0.2) is 0 Å². The molecule has 0 spiro atoms. The first-order valence-electron chi connectivity index (χ1n) is 6.34. The lowest BCUT2D eigenvalue weighted by atomic mass is 9.73. The van der Waals surface area contributed by atoms with Crippen molar-refractivity contribution in [2.75, 3.05) is 6.61 Å². The second-order valence-electron chi connectivity index (χ2n) is 5.73. The molecule has 0 saturated heterocycles. The number of ether oxygens (including phenoxy) is 1. The molecule has 0 aliphatic heterocycles. The highest BCUT2D eigenvalue weighted by Crippen LogP contribution is 2.38. The van der Waals surface area contributed by atoms with Crippen LogP contribution >= 0.6 is 0 Å². The van der Waals surface area contributed by atoms with E-state index in [0.717, 1.165) is 18.3 Å². The molecule has 2 rings (SSSR count). The Labute approximate surface area is 98.8 Å². The molecule has 1 aromatic rings. The molecule has 0 atom stereocenters. The van der Waals surface area contributed by atoms with Crippen molar-refractivity contribution < 1.29 is 4.74 Å². The molecule has 1 aliphatic carbocycles. The normalized spacial score (nSPS) is 20.6. The van der Waals surface area contributed by atoms with Crippen LogP contribution in [-0.2, 0) is 0 Å². The second-order valence-corrected chi connectivity index (χ2v) is 5.73. The monoisotopic (exact) mass is 218 g/mol. The second kappa shape index (κ2) is 4.90. The van der Waals surface area contributed by atoms with Crippen molar-refractivity contribution in [3.8, 4) is 5.75 Å². The van der Waals surface area contributed by atoms with E-state index in [9.17, 15) is 0 Å². The minimum atomic E-state index is 0.559. The highest BCUT2D eigenvalue weighted by Gasteiger charge is 2.26. The van der Waals surface area contributed by atoms with E-state index in [-0.39, 0.29) is 0 Å². The lowest BCUT2D eigenvalue weighted by Crippen LogP contribution is -2.24. The van der Waals surface area contributed by atoms with Gasteiger partial charge in [-0.3, -0.25) is 0 Å². The van der Waals surface area contributed by atoms with Gasteiger partial charge in [-0.1, -0.05) is 32.0 Å². The molecule has 1 saturated carbocycles. The van der Waals surface area contributed by atoms with E-state index in [2.05, 4.69) is 13.8 Å². The molecule has 0 bridgehead atoms. The van der Waals surface area contributed by atoms with Crippen molar-refractivity contribution in [1.29, 1.82) is 0 Å². The van der Waals surface area contributed by atoms with E-state index in [4.69, 9.17) is 4.74 Å². The van der Waals surface area contributed by atoms with E-state index >= 15 is 0 Å². The van der Waals surface area contributed by atoms with Crippen LogP contribution in [0, 0.1) is 11.3 Å². The maximum atomic E-state index is 5.81. The summed E-state index contributed by atoms with van der Waals surface area (Å²) >= 11 is 0. The van der Waals surface area contributed by atoms with Gasteiger partial charge in [0.1, 0.15) is 5.75 Å². The van der Waals surface area contributed by atoms with E-state index in [1.807, 2.05) is 30.3 Å². The van der Waals surface area contributed by atoms with Gasteiger partial charge in [0.15, 0.2) is 0 Å². The maximum Gasteiger partial charge on any atom is 0.119 e. The fourth-order valence-electron chi connectivity index (χ4n) is 2.36. The molecule has 1 aliphatic rings. The van der Waals surface area contributed by atoms with Crippen LogP contribution in [0.3, 0.4) is 0 Å². The van der Waals surface area contributed by atoms with Crippen molar-refractivity contribution >= 4 is 0 Å². The molecule has 88 valence electrons. The highest BCUT2D eigenvalue weighted by molar-refractivity contribution is 5.20. The first-order chi connectivity index (χ1) is 7.66. The zero-order valence-corrected chi connectivity index (χ0v) is 10.4. The predicted octanol–water partition coefficient (Wildman–Crippen LogP) is 4.28. The molecule has 16 heavy (non-hydrogen) atoms. The minimum absolute atomic E-state index is 0.559. The smallest absolute Gasteiger partial charge is 0.119 e. The van der Waals surface area contributed by atoms with Crippen molar-refractivity contribution in [2.24, 2.45) is 11.3 Å². The largest absolute Gasteiger partial charge is 0.493 e. The summed E-state index contributed by atoms with van der Waals surface area (Å²) < 4.78 is 5.81. The van der Waals surface area contributed by atoms with Gasteiger partial charge in [0.05, 0.1) is 6.61 Å². The summed E-state index contributed by atoms with van der Waals surface area (Å²) in [6.07, 6.45) is 5.32. The standard InChI is InChI=1S/C15H22O/c1-15(2)10-8-13(9-11-15)12-16-14-6-4-3-5-7-14/h3-7,13H,8-12H2,1-2H3. The Morgan fingerprint density at radius 1 is 1.12 bits per heavy atom. The van der Waals surface area contributed by atoms with E-state index in [1.54, 1.807) is 0 Å². The number of hydrogen-bond acceptors (Lipinski definition) is 1. The maximum absolute atomic E-state index is 5.81. The third-order valence-corrected chi connectivity index (χ3v) is 3.69. The fraction of sp³-hybridized carbons (Fsp3) is 0.600. The summed E-state index contributed by atoms with van der Waals surface area (Å²) in [5.74, 6) is 1.76. The summed E-state index contributed by atoms with van der Waals surface area (Å²) in [4.78, 5) is 0. The van der Waals surface area contributed by atoms with Gasteiger partial charge in [0.2, 0.25) is 0 Å². The van der Waals surface area contributed by atoms with Crippen LogP contribution in [0.5, 0.6) is 5.75 Å². The van der Waals surface area contributed by atoms with Crippen LogP contribution in [0.4, 0.5) is 0 Å². The summed E-state index contributed by atoms with van der Waals surface area (Å²) in [5.41, 5.74) is 0.559. The number of benzene rings is 1. The van der Waals surface area contributed by atoms with Crippen LogP contribution in [0.25, 0.3) is 0 Å². The molecule has 0 unspecified atom stereocenters. The Morgan fingerprint density at radius 3 is 2.38 bits per heavy atom. The van der Waals surface area contributed by atoms with Gasteiger partial charge in [0, 0.05) is 0 Å². The summed E-state index contributed by atoms with van der Waals surface area (Å²) in [6.45, 7) is 5.64. The van der Waals surface area contributed by atoms with Crippen LogP contribution in [-0.4, -0.2) is 6.61 Å². The molecule has 0 aromatic heterocycles. The summed E-state index contributed by atoms with van der Waals surface area (Å²) in [5, 5.41) is 0. The molecule has 1 fully saturated rings. The first kappa shape index (κ1) is 11.5. The quantitative estimate of drug-likeness (QED) is 0.735. The molecule has 0 radical (unpaired) electrons. The third kappa shape index (κ3) is 3.26. The first-order valence-corrected chi connectivity index (χ1v) is 6.34. The Hall–Kier alpha value is -0.980. The fourth-order valence-corrected chi connectivity index (χ4v) is 2.36. The average Bonchev–Trinajstić information content (AvgIpc) is 2.29. The molecule has 0 N–H and O–H groups in total. The highest BCUT2D eigenvalue weighted by atomic mass is 16.5. The van der Waals surface area contributed by atoms with Crippen molar-refractivity contribution in [3.63, 3.8) is 0 Å². The number of hydrogen-bond donors (Lipinski definition) is 0. The van der Waals surface area contributed by atoms with Gasteiger partial charge < -0.3 is 4.74 Å². The molecule has 0 heterocycles. The molecular weight excluding hydrogens is 196 g/mol. The van der Waals surface area contributed by atoms with Gasteiger partial charge >= 0.3 is 0 Å². The Kier molecular flexibility index (Phi) is 3.52. The molecule has 1 aromatic carbocycles. The van der Waals surface area contributed by atoms with Gasteiger partial charge in [-0.15, -0.1) is 0 Å². The predicted molar refractivity (Wildman–Crippen MR) is 67.7 cm³/mol. The Balaban J connectivity index is 1.76. The van der Waals surface area contributed by atoms with Gasteiger partial charge in [-0.05, 0) is 49.1 Å². The van der Waals surface area contributed by atoms with Crippen LogP contribution in [0.15, 0.2) is 30.3 Å². The SMILES string of the molecule is CC1(C)CCC(COc2ccccc2)CC1. The lowest BCUT2D eigenvalue weighted by Gasteiger charge is -2.34. The van der Waals surface area contributed by atoms with E-state index in [1.165, 1.54) is 25.7 Å². The van der Waals surface area contributed by atoms with Crippen LogP contribution < -0.4 is 4.74 Å². The van der Waals surface area contributed by atoms with Gasteiger partial charge in [0.25, 0.3) is 0 Å². The van der Waals surface area contributed by atoms with Crippen molar-refractivity contribution in [1.82, 2.24) is 0 Å². The molecule has 1 heteroatoms. The van der Waals surface area contributed by atoms with Gasteiger partial charge in [-0.2, -0.15) is 0 Å². The molecular formula is C15H22O. The topological polar surface area (TPSA) is 9.23 Å². The van der Waals surface area contributed by atoms with E-state index < -0.39 is 0 Å². The average molecular weight is 218 g/mol. The molecule has 0 amide bonds. The van der Waals surface area contributed by atoms with Crippen molar-refractivity contribution in [2.45, 2.75) is 39.5 Å². The summed E-state index contributed by atoms with van der Waals surface area (Å²) in [6, 6.07) is 10.1. The lowest BCUT2D eigenvalue weighted by molar-refractivity contribution is 0.142. The van der Waals surface area contributed by atoms with E-state index in [0.29, 0.717) is 5.41 Å². The minimum Gasteiger partial charge on any atom is -0.493 e. The van der Waals surface area contributed by atoms with Crippen molar-refractivity contribution in [3.05, 3.63) is 30.3 Å². The summed E-state index contributed by atoms with van der Waals surface area (Å²) in [7, 11) is 0. The Morgan fingerprint density at radius 2 is 1.75 bits per heavy atom. The number of para-hydroxylation sites is 1. The van der Waals surface area contributed by atoms with Crippen LogP contribution in [0.1, 0.15) is 39.5 Å². The number of rotatable bonds is 3.